The number of ether oxygens (including phenoxy) is 1. The first kappa shape index (κ1) is 15.2. The minimum Gasteiger partial charge on any atom is -0.371 e. The SMILES string of the molecule is CCOC(C)C(=O)Cc1c(Cl)c(CC)nn1CC. The van der Waals surface area contributed by atoms with Gasteiger partial charge in [0.15, 0.2) is 5.78 Å². The molecule has 1 atom stereocenters. The molecule has 0 spiro atoms. The van der Waals surface area contributed by atoms with E-state index in [0.717, 1.165) is 17.8 Å². The molecule has 0 fully saturated rings. The van der Waals surface area contributed by atoms with Crippen LogP contribution in [0.5, 0.6) is 0 Å². The summed E-state index contributed by atoms with van der Waals surface area (Å²) < 4.78 is 7.10. The van der Waals surface area contributed by atoms with Crippen molar-refractivity contribution >= 4 is 17.4 Å². The van der Waals surface area contributed by atoms with E-state index >= 15 is 0 Å². The first-order chi connectivity index (χ1) is 8.54. The predicted octanol–water partition coefficient (Wildman–Crippen LogP) is 2.66. The number of carbonyl (C=O) groups excluding carboxylic acids is 1. The van der Waals surface area contributed by atoms with E-state index in [2.05, 4.69) is 5.10 Å². The summed E-state index contributed by atoms with van der Waals surface area (Å²) in [5.74, 6) is 0.0380. The maximum absolute atomic E-state index is 12.0. The molecule has 1 aromatic rings. The third-order valence-corrected chi connectivity index (χ3v) is 3.34. The number of aromatic nitrogens is 2. The highest BCUT2D eigenvalue weighted by Crippen LogP contribution is 2.22. The molecule has 5 heteroatoms. The number of ketones is 1. The second kappa shape index (κ2) is 6.90. The third kappa shape index (κ3) is 3.33. The minimum absolute atomic E-state index is 0.0380. The van der Waals surface area contributed by atoms with Gasteiger partial charge in [-0.1, -0.05) is 18.5 Å². The number of halogens is 1. The number of carbonyl (C=O) groups is 1. The monoisotopic (exact) mass is 272 g/mol. The fourth-order valence-electron chi connectivity index (χ4n) is 1.84. The van der Waals surface area contributed by atoms with Crippen molar-refractivity contribution in [3.05, 3.63) is 16.4 Å². The second-order valence-corrected chi connectivity index (χ2v) is 4.50. The lowest BCUT2D eigenvalue weighted by Gasteiger charge is -2.11. The van der Waals surface area contributed by atoms with Crippen molar-refractivity contribution in [2.75, 3.05) is 6.61 Å². The van der Waals surface area contributed by atoms with E-state index in [-0.39, 0.29) is 12.2 Å². The smallest absolute Gasteiger partial charge is 0.167 e. The molecule has 0 saturated heterocycles. The van der Waals surface area contributed by atoms with Crippen LogP contribution in [0.1, 0.15) is 39.1 Å². The molecule has 0 aromatic carbocycles. The summed E-state index contributed by atoms with van der Waals surface area (Å²) in [6.45, 7) is 8.89. The van der Waals surface area contributed by atoms with Gasteiger partial charge in [0.1, 0.15) is 6.10 Å². The van der Waals surface area contributed by atoms with Gasteiger partial charge in [-0.15, -0.1) is 0 Å². The Bertz CT molecular complexity index is 415. The van der Waals surface area contributed by atoms with Crippen LogP contribution >= 0.6 is 11.6 Å². The van der Waals surface area contributed by atoms with Crippen LogP contribution < -0.4 is 0 Å². The molecule has 1 unspecified atom stereocenters. The Kier molecular flexibility index (Phi) is 5.82. The Labute approximate surface area is 113 Å². The molecule has 0 aliphatic rings. The first-order valence-electron chi connectivity index (χ1n) is 6.43. The summed E-state index contributed by atoms with van der Waals surface area (Å²) >= 11 is 6.26. The van der Waals surface area contributed by atoms with Crippen molar-refractivity contribution in [1.29, 1.82) is 0 Å². The van der Waals surface area contributed by atoms with Gasteiger partial charge in [0, 0.05) is 13.2 Å². The van der Waals surface area contributed by atoms with Gasteiger partial charge in [-0.3, -0.25) is 9.48 Å². The van der Waals surface area contributed by atoms with Gasteiger partial charge < -0.3 is 4.74 Å². The normalized spacial score (nSPS) is 12.7. The van der Waals surface area contributed by atoms with Crippen molar-refractivity contribution in [3.8, 4) is 0 Å². The first-order valence-corrected chi connectivity index (χ1v) is 6.81. The zero-order valence-electron chi connectivity index (χ0n) is 11.5. The van der Waals surface area contributed by atoms with Crippen molar-refractivity contribution < 1.29 is 9.53 Å². The quantitative estimate of drug-likeness (QED) is 0.766. The van der Waals surface area contributed by atoms with E-state index in [9.17, 15) is 4.79 Å². The molecule has 0 amide bonds. The Morgan fingerprint density at radius 1 is 1.44 bits per heavy atom. The maximum atomic E-state index is 12.0. The van der Waals surface area contributed by atoms with Gasteiger partial charge in [0.2, 0.25) is 0 Å². The van der Waals surface area contributed by atoms with Crippen LogP contribution in [0.25, 0.3) is 0 Å². The number of aryl methyl sites for hydroxylation is 2. The van der Waals surface area contributed by atoms with E-state index in [1.807, 2.05) is 20.8 Å². The number of hydrogen-bond acceptors (Lipinski definition) is 3. The van der Waals surface area contributed by atoms with Crippen LogP contribution in [0.3, 0.4) is 0 Å². The van der Waals surface area contributed by atoms with Gasteiger partial charge in [0.25, 0.3) is 0 Å². The Balaban J connectivity index is 2.89. The van der Waals surface area contributed by atoms with Crippen molar-refractivity contribution in [1.82, 2.24) is 9.78 Å². The fourth-order valence-corrected chi connectivity index (χ4v) is 2.17. The highest BCUT2D eigenvalue weighted by molar-refractivity contribution is 6.32. The molecule has 18 heavy (non-hydrogen) atoms. The van der Waals surface area contributed by atoms with Crippen LogP contribution in [-0.2, 0) is 28.9 Å². The topological polar surface area (TPSA) is 44.1 Å². The average Bonchev–Trinajstić information content (AvgIpc) is 2.66. The minimum atomic E-state index is -0.392. The van der Waals surface area contributed by atoms with Crippen LogP contribution in [-0.4, -0.2) is 28.3 Å². The summed E-state index contributed by atoms with van der Waals surface area (Å²) in [5.41, 5.74) is 1.65. The number of nitrogens with zero attached hydrogens (tertiary/aromatic N) is 2. The third-order valence-electron chi connectivity index (χ3n) is 2.91. The molecule has 1 heterocycles. The molecule has 1 aromatic heterocycles. The highest BCUT2D eigenvalue weighted by Gasteiger charge is 2.20. The van der Waals surface area contributed by atoms with Crippen molar-refractivity contribution in [2.24, 2.45) is 0 Å². The predicted molar refractivity (Wildman–Crippen MR) is 72.1 cm³/mol. The lowest BCUT2D eigenvalue weighted by Crippen LogP contribution is -2.24. The molecule has 0 radical (unpaired) electrons. The van der Waals surface area contributed by atoms with E-state index in [1.54, 1.807) is 11.6 Å². The van der Waals surface area contributed by atoms with Gasteiger partial charge in [-0.05, 0) is 27.2 Å². The molecule has 1 rings (SSSR count). The largest absolute Gasteiger partial charge is 0.371 e. The number of rotatable bonds is 7. The molecule has 0 bridgehead atoms. The van der Waals surface area contributed by atoms with Crippen LogP contribution in [0.15, 0.2) is 0 Å². The van der Waals surface area contributed by atoms with Crippen molar-refractivity contribution in [2.45, 2.75) is 53.2 Å². The molecular weight excluding hydrogens is 252 g/mol. The van der Waals surface area contributed by atoms with Gasteiger partial charge in [-0.25, -0.2) is 0 Å². The summed E-state index contributed by atoms with van der Waals surface area (Å²) in [7, 11) is 0. The molecular formula is C13H21ClN2O2. The average molecular weight is 273 g/mol. The molecule has 0 saturated carbocycles. The van der Waals surface area contributed by atoms with Gasteiger partial charge in [-0.2, -0.15) is 5.10 Å². The number of hydrogen-bond donors (Lipinski definition) is 0. The van der Waals surface area contributed by atoms with Gasteiger partial charge >= 0.3 is 0 Å². The summed E-state index contributed by atoms with van der Waals surface area (Å²) in [6.07, 6.45) is 0.658. The second-order valence-electron chi connectivity index (χ2n) is 4.12. The van der Waals surface area contributed by atoms with E-state index in [1.165, 1.54) is 0 Å². The Morgan fingerprint density at radius 2 is 2.11 bits per heavy atom. The van der Waals surface area contributed by atoms with Crippen LogP contribution in [0.2, 0.25) is 5.02 Å². The zero-order chi connectivity index (χ0) is 13.7. The zero-order valence-corrected chi connectivity index (χ0v) is 12.3. The molecule has 0 aliphatic heterocycles. The molecule has 4 nitrogen and oxygen atoms in total. The van der Waals surface area contributed by atoms with Gasteiger partial charge in [0.05, 0.1) is 22.8 Å². The molecule has 102 valence electrons. The Hall–Kier alpha value is -0.870. The Morgan fingerprint density at radius 3 is 2.61 bits per heavy atom. The maximum Gasteiger partial charge on any atom is 0.167 e. The fraction of sp³-hybridized carbons (Fsp3) is 0.692. The standard InChI is InChI=1S/C13H21ClN2O2/c1-5-10-13(14)11(16(6-2)15-10)8-12(17)9(4)18-7-3/h9H,5-8H2,1-4H3. The molecule has 0 aliphatic carbocycles. The highest BCUT2D eigenvalue weighted by atomic mass is 35.5. The lowest BCUT2D eigenvalue weighted by molar-refractivity contribution is -0.128. The number of Topliss-reactive ketones (excluding diaryl/α,β-unsaturated/α-hetero) is 1. The summed E-state index contributed by atoms with van der Waals surface area (Å²) in [6, 6.07) is 0. The van der Waals surface area contributed by atoms with Crippen LogP contribution in [0, 0.1) is 0 Å². The van der Waals surface area contributed by atoms with E-state index in [0.29, 0.717) is 18.2 Å². The molecule has 0 N–H and O–H groups in total. The van der Waals surface area contributed by atoms with Crippen molar-refractivity contribution in [3.63, 3.8) is 0 Å². The summed E-state index contributed by atoms with van der Waals surface area (Å²) in [4.78, 5) is 12.0. The van der Waals surface area contributed by atoms with E-state index in [4.69, 9.17) is 16.3 Å². The summed E-state index contributed by atoms with van der Waals surface area (Å²) in [5, 5.41) is 5.02. The lowest BCUT2D eigenvalue weighted by atomic mass is 10.1. The van der Waals surface area contributed by atoms with Crippen LogP contribution in [0.4, 0.5) is 0 Å². The van der Waals surface area contributed by atoms with E-state index < -0.39 is 6.10 Å².